The molecule has 2 atom stereocenters. The fraction of sp³-hybridized carbons (Fsp3) is 0.625. The average molecular weight is 353 g/mol. The molecular weight excluding hydrogens is 332 g/mol. The number of alkyl halides is 3. The maximum atomic E-state index is 13.3. The van der Waals surface area contributed by atoms with E-state index in [1.807, 2.05) is 7.05 Å². The lowest BCUT2D eigenvalue weighted by atomic mass is 9.98. The van der Waals surface area contributed by atoms with Crippen LogP contribution in [0.15, 0.2) is 18.2 Å². The molecule has 0 amide bonds. The standard InChI is InChI=1S/C16H20F4N2.ClH/c1-22(13-7-11-3-4-12(8-13)21-11)9-10-2-5-15(17)14(6-10)16(18,19)20;/h2,5-6,11-13,21H,3-4,7-9H2,1H3;1H. The summed E-state index contributed by atoms with van der Waals surface area (Å²) in [5, 5.41) is 3.55. The van der Waals surface area contributed by atoms with E-state index in [4.69, 9.17) is 0 Å². The first-order valence-corrected chi connectivity index (χ1v) is 7.65. The van der Waals surface area contributed by atoms with Crippen molar-refractivity contribution in [2.24, 2.45) is 0 Å². The second-order valence-corrected chi connectivity index (χ2v) is 6.49. The summed E-state index contributed by atoms with van der Waals surface area (Å²) < 4.78 is 51.6. The lowest BCUT2D eigenvalue weighted by Gasteiger charge is -2.35. The van der Waals surface area contributed by atoms with Gasteiger partial charge in [-0.05, 0) is 50.4 Å². The van der Waals surface area contributed by atoms with Crippen molar-refractivity contribution in [3.63, 3.8) is 0 Å². The Morgan fingerprint density at radius 1 is 1.17 bits per heavy atom. The SMILES string of the molecule is CN(Cc1ccc(F)c(C(F)(F)F)c1)C1CC2CCC(C1)N2.Cl. The van der Waals surface area contributed by atoms with Crippen LogP contribution < -0.4 is 5.32 Å². The molecule has 7 heteroatoms. The van der Waals surface area contributed by atoms with E-state index in [2.05, 4.69) is 10.2 Å². The van der Waals surface area contributed by atoms with Crippen LogP contribution in [0, 0.1) is 5.82 Å². The van der Waals surface area contributed by atoms with E-state index in [0.717, 1.165) is 25.0 Å². The molecule has 2 saturated heterocycles. The molecule has 2 aliphatic rings. The first-order chi connectivity index (χ1) is 10.3. The Kier molecular flexibility index (Phi) is 5.59. The van der Waals surface area contributed by atoms with Gasteiger partial charge in [0, 0.05) is 24.7 Å². The molecule has 2 heterocycles. The third-order valence-corrected chi connectivity index (χ3v) is 4.84. The Bertz CT molecular complexity index is 537. The fourth-order valence-electron chi connectivity index (χ4n) is 3.69. The third-order valence-electron chi connectivity index (χ3n) is 4.84. The van der Waals surface area contributed by atoms with Gasteiger partial charge in [0.15, 0.2) is 0 Å². The van der Waals surface area contributed by atoms with Crippen LogP contribution >= 0.6 is 12.4 Å². The number of hydrogen-bond donors (Lipinski definition) is 1. The molecule has 1 aromatic rings. The van der Waals surface area contributed by atoms with E-state index in [9.17, 15) is 17.6 Å². The van der Waals surface area contributed by atoms with Gasteiger partial charge in [0.05, 0.1) is 5.56 Å². The van der Waals surface area contributed by atoms with Gasteiger partial charge < -0.3 is 5.32 Å². The minimum Gasteiger partial charge on any atom is -0.311 e. The van der Waals surface area contributed by atoms with Crippen molar-refractivity contribution in [2.75, 3.05) is 7.05 Å². The monoisotopic (exact) mass is 352 g/mol. The summed E-state index contributed by atoms with van der Waals surface area (Å²) in [6.45, 7) is 0.410. The topological polar surface area (TPSA) is 15.3 Å². The van der Waals surface area contributed by atoms with Gasteiger partial charge in [0.25, 0.3) is 0 Å². The first kappa shape index (κ1) is 18.5. The van der Waals surface area contributed by atoms with E-state index >= 15 is 0 Å². The summed E-state index contributed by atoms with van der Waals surface area (Å²) in [4.78, 5) is 2.10. The third kappa shape index (κ3) is 4.17. The fourth-order valence-corrected chi connectivity index (χ4v) is 3.69. The lowest BCUT2D eigenvalue weighted by molar-refractivity contribution is -0.140. The molecule has 0 spiro atoms. The molecule has 1 N–H and O–H groups in total. The molecule has 0 aromatic heterocycles. The number of fused-ring (bicyclic) bond motifs is 2. The largest absolute Gasteiger partial charge is 0.419 e. The van der Waals surface area contributed by atoms with E-state index in [1.54, 1.807) is 0 Å². The molecule has 2 bridgehead atoms. The Hall–Kier alpha value is -0.850. The summed E-state index contributed by atoms with van der Waals surface area (Å²) >= 11 is 0. The van der Waals surface area contributed by atoms with Crippen LogP contribution in [0.25, 0.3) is 0 Å². The molecule has 0 aliphatic carbocycles. The number of piperidine rings is 1. The van der Waals surface area contributed by atoms with Crippen molar-refractivity contribution in [2.45, 2.75) is 56.5 Å². The molecule has 2 unspecified atom stereocenters. The molecule has 0 saturated carbocycles. The lowest BCUT2D eigenvalue weighted by Crippen LogP contribution is -2.46. The number of nitrogens with zero attached hydrogens (tertiary/aromatic N) is 1. The summed E-state index contributed by atoms with van der Waals surface area (Å²) in [5.74, 6) is -1.21. The van der Waals surface area contributed by atoms with Gasteiger partial charge in [-0.1, -0.05) is 6.07 Å². The predicted molar refractivity (Wildman–Crippen MR) is 83.1 cm³/mol. The maximum Gasteiger partial charge on any atom is 0.419 e. The Labute approximate surface area is 139 Å². The summed E-state index contributed by atoms with van der Waals surface area (Å²) in [5.41, 5.74) is -0.675. The summed E-state index contributed by atoms with van der Waals surface area (Å²) in [6.07, 6.45) is -0.221. The molecular formula is C16H21ClF4N2. The van der Waals surface area contributed by atoms with Crippen LogP contribution in [0.1, 0.15) is 36.8 Å². The molecule has 2 fully saturated rings. The molecule has 2 aliphatic heterocycles. The number of rotatable bonds is 3. The van der Waals surface area contributed by atoms with Crippen LogP contribution in [-0.4, -0.2) is 30.1 Å². The normalized spacial score (nSPS) is 27.1. The molecule has 3 rings (SSSR count). The Morgan fingerprint density at radius 2 is 1.78 bits per heavy atom. The van der Waals surface area contributed by atoms with Gasteiger partial charge in [0.2, 0.25) is 0 Å². The van der Waals surface area contributed by atoms with E-state index in [0.29, 0.717) is 30.2 Å². The van der Waals surface area contributed by atoms with E-state index in [1.165, 1.54) is 18.9 Å². The first-order valence-electron chi connectivity index (χ1n) is 7.65. The van der Waals surface area contributed by atoms with Crippen molar-refractivity contribution < 1.29 is 17.6 Å². The van der Waals surface area contributed by atoms with Crippen LogP contribution in [-0.2, 0) is 12.7 Å². The second-order valence-electron chi connectivity index (χ2n) is 6.49. The van der Waals surface area contributed by atoms with Crippen molar-refractivity contribution in [3.8, 4) is 0 Å². The van der Waals surface area contributed by atoms with Crippen LogP contribution in [0.3, 0.4) is 0 Å². The molecule has 0 radical (unpaired) electrons. The van der Waals surface area contributed by atoms with E-state index < -0.39 is 17.6 Å². The highest BCUT2D eigenvalue weighted by molar-refractivity contribution is 5.85. The summed E-state index contributed by atoms with van der Waals surface area (Å²) in [7, 11) is 1.94. The van der Waals surface area contributed by atoms with Crippen LogP contribution in [0.5, 0.6) is 0 Å². The summed E-state index contributed by atoms with van der Waals surface area (Å²) in [6, 6.07) is 4.73. The molecule has 130 valence electrons. The highest BCUT2D eigenvalue weighted by Gasteiger charge is 2.36. The van der Waals surface area contributed by atoms with Gasteiger partial charge in [-0.2, -0.15) is 13.2 Å². The van der Waals surface area contributed by atoms with Crippen molar-refractivity contribution in [3.05, 3.63) is 35.1 Å². The molecule has 23 heavy (non-hydrogen) atoms. The molecule has 2 nitrogen and oxygen atoms in total. The van der Waals surface area contributed by atoms with Gasteiger partial charge in [-0.3, -0.25) is 4.90 Å². The highest BCUT2D eigenvalue weighted by Crippen LogP contribution is 2.33. The van der Waals surface area contributed by atoms with Crippen molar-refractivity contribution >= 4 is 12.4 Å². The van der Waals surface area contributed by atoms with Crippen LogP contribution in [0.2, 0.25) is 0 Å². The van der Waals surface area contributed by atoms with Crippen LogP contribution in [0.4, 0.5) is 17.6 Å². The van der Waals surface area contributed by atoms with Gasteiger partial charge >= 0.3 is 6.18 Å². The Balaban J connectivity index is 0.00000192. The van der Waals surface area contributed by atoms with Gasteiger partial charge in [-0.25, -0.2) is 4.39 Å². The zero-order valence-electron chi connectivity index (χ0n) is 12.9. The smallest absolute Gasteiger partial charge is 0.311 e. The van der Waals surface area contributed by atoms with Crippen molar-refractivity contribution in [1.82, 2.24) is 10.2 Å². The highest BCUT2D eigenvalue weighted by atomic mass is 35.5. The Morgan fingerprint density at radius 3 is 2.35 bits per heavy atom. The number of nitrogens with one attached hydrogen (secondary N) is 1. The number of benzene rings is 1. The maximum absolute atomic E-state index is 13.3. The van der Waals surface area contributed by atoms with E-state index in [-0.39, 0.29) is 12.4 Å². The second kappa shape index (κ2) is 6.95. The molecule has 1 aromatic carbocycles. The quantitative estimate of drug-likeness (QED) is 0.828. The minimum atomic E-state index is -4.65. The van der Waals surface area contributed by atoms with Gasteiger partial charge in [0.1, 0.15) is 5.82 Å². The number of halogens is 5. The zero-order chi connectivity index (χ0) is 15.9. The van der Waals surface area contributed by atoms with Gasteiger partial charge in [-0.15, -0.1) is 12.4 Å². The average Bonchev–Trinajstić information content (AvgIpc) is 2.78. The van der Waals surface area contributed by atoms with Crippen molar-refractivity contribution in [1.29, 1.82) is 0 Å². The predicted octanol–water partition coefficient (Wildman–Crippen LogP) is 3.98. The minimum absolute atomic E-state index is 0. The number of hydrogen-bond acceptors (Lipinski definition) is 2. The zero-order valence-corrected chi connectivity index (χ0v) is 13.7.